The fraction of sp³-hybridized carbons (Fsp3) is 0.538. The van der Waals surface area contributed by atoms with Crippen LogP contribution < -0.4 is 4.74 Å². The Bertz CT molecular complexity index is 381. The summed E-state index contributed by atoms with van der Waals surface area (Å²) in [6.45, 7) is 2.83. The van der Waals surface area contributed by atoms with E-state index in [1.54, 1.807) is 13.2 Å². The number of benzene rings is 1. The van der Waals surface area contributed by atoms with E-state index in [-0.39, 0.29) is 12.4 Å². The molecule has 1 atom stereocenters. The van der Waals surface area contributed by atoms with Crippen molar-refractivity contribution in [1.29, 1.82) is 0 Å². The van der Waals surface area contributed by atoms with Crippen molar-refractivity contribution in [3.63, 3.8) is 0 Å². The summed E-state index contributed by atoms with van der Waals surface area (Å²) in [7, 11) is 1.55. The van der Waals surface area contributed by atoms with Crippen LogP contribution in [0.2, 0.25) is 0 Å². The van der Waals surface area contributed by atoms with Gasteiger partial charge in [0.25, 0.3) is 0 Å². The van der Waals surface area contributed by atoms with Crippen LogP contribution >= 0.6 is 0 Å². The largest absolute Gasteiger partial charge is 0.504 e. The van der Waals surface area contributed by atoms with E-state index in [0.29, 0.717) is 18.2 Å². The van der Waals surface area contributed by atoms with Crippen molar-refractivity contribution in [1.82, 2.24) is 4.90 Å². The van der Waals surface area contributed by atoms with Gasteiger partial charge >= 0.3 is 0 Å². The first kappa shape index (κ1) is 12.2. The molecule has 0 aromatic heterocycles. The maximum Gasteiger partial charge on any atom is 0.162 e. The summed E-state index contributed by atoms with van der Waals surface area (Å²) in [6, 6.07) is 5.54. The Morgan fingerprint density at radius 1 is 1.47 bits per heavy atom. The fourth-order valence-corrected chi connectivity index (χ4v) is 2.31. The first-order valence-corrected chi connectivity index (χ1v) is 5.92. The Labute approximate surface area is 101 Å². The molecular weight excluding hydrogens is 218 g/mol. The molecule has 0 amide bonds. The molecule has 2 rings (SSSR count). The van der Waals surface area contributed by atoms with Crippen LogP contribution in [0.25, 0.3) is 0 Å². The zero-order valence-corrected chi connectivity index (χ0v) is 10.1. The number of methoxy groups -OCH3 is 1. The molecule has 1 aromatic carbocycles. The lowest BCUT2D eigenvalue weighted by atomic mass is 10.1. The molecule has 1 heterocycles. The van der Waals surface area contributed by atoms with Crippen LogP contribution in [0.1, 0.15) is 12.0 Å². The van der Waals surface area contributed by atoms with Crippen LogP contribution in [0.4, 0.5) is 0 Å². The van der Waals surface area contributed by atoms with Crippen LogP contribution in [-0.4, -0.2) is 41.9 Å². The maximum atomic E-state index is 9.97. The van der Waals surface area contributed by atoms with Gasteiger partial charge in [-0.05, 0) is 24.9 Å². The van der Waals surface area contributed by atoms with Gasteiger partial charge in [-0.1, -0.05) is 12.1 Å². The highest BCUT2D eigenvalue weighted by atomic mass is 16.5. The molecule has 94 valence electrons. The van der Waals surface area contributed by atoms with Gasteiger partial charge in [0, 0.05) is 25.3 Å². The van der Waals surface area contributed by atoms with Gasteiger partial charge in [0.05, 0.1) is 7.11 Å². The maximum absolute atomic E-state index is 9.97. The SMILES string of the molecule is COc1cccc(CN2CC[C@H](CO)C2)c1O. The van der Waals surface area contributed by atoms with Crippen molar-refractivity contribution < 1.29 is 14.9 Å². The molecule has 0 unspecified atom stereocenters. The number of likely N-dealkylation sites (tertiary alicyclic amines) is 1. The third-order valence-corrected chi connectivity index (χ3v) is 3.32. The molecule has 2 N–H and O–H groups in total. The Kier molecular flexibility index (Phi) is 3.86. The zero-order valence-electron chi connectivity index (χ0n) is 10.1. The Morgan fingerprint density at radius 2 is 2.29 bits per heavy atom. The highest BCUT2D eigenvalue weighted by Crippen LogP contribution is 2.31. The lowest BCUT2D eigenvalue weighted by Gasteiger charge is -2.17. The van der Waals surface area contributed by atoms with Crippen molar-refractivity contribution in [2.45, 2.75) is 13.0 Å². The minimum atomic E-state index is 0.224. The molecule has 0 spiro atoms. The van der Waals surface area contributed by atoms with Crippen molar-refractivity contribution in [3.8, 4) is 11.5 Å². The Hall–Kier alpha value is -1.26. The zero-order chi connectivity index (χ0) is 12.3. The smallest absolute Gasteiger partial charge is 0.162 e. The number of hydrogen-bond acceptors (Lipinski definition) is 4. The van der Waals surface area contributed by atoms with Gasteiger partial charge in [-0.3, -0.25) is 4.90 Å². The molecule has 1 fully saturated rings. The standard InChI is InChI=1S/C13H19NO3/c1-17-12-4-2-3-11(13(12)16)8-14-6-5-10(7-14)9-15/h2-4,10,15-16H,5-9H2,1H3/t10-/m0/s1. The fourth-order valence-electron chi connectivity index (χ4n) is 2.31. The Balaban J connectivity index is 2.04. The van der Waals surface area contributed by atoms with Crippen molar-refractivity contribution in [2.24, 2.45) is 5.92 Å². The first-order valence-electron chi connectivity index (χ1n) is 5.92. The summed E-state index contributed by atoms with van der Waals surface area (Å²) < 4.78 is 5.08. The summed E-state index contributed by atoms with van der Waals surface area (Å²) in [4.78, 5) is 2.25. The number of rotatable bonds is 4. The second kappa shape index (κ2) is 5.38. The van der Waals surface area contributed by atoms with E-state index in [2.05, 4.69) is 4.90 Å². The van der Waals surface area contributed by atoms with E-state index in [9.17, 15) is 5.11 Å². The number of nitrogens with zero attached hydrogens (tertiary/aromatic N) is 1. The van der Waals surface area contributed by atoms with Gasteiger partial charge in [-0.25, -0.2) is 0 Å². The van der Waals surface area contributed by atoms with Crippen molar-refractivity contribution in [2.75, 3.05) is 26.8 Å². The van der Waals surface area contributed by atoms with E-state index < -0.39 is 0 Å². The van der Waals surface area contributed by atoms with Crippen LogP contribution in [-0.2, 0) is 6.54 Å². The Morgan fingerprint density at radius 3 is 2.94 bits per heavy atom. The summed E-state index contributed by atoms with van der Waals surface area (Å²) in [5.41, 5.74) is 0.878. The average Bonchev–Trinajstić information content (AvgIpc) is 2.79. The van der Waals surface area contributed by atoms with E-state index in [1.807, 2.05) is 12.1 Å². The first-order chi connectivity index (χ1) is 8.24. The minimum Gasteiger partial charge on any atom is -0.504 e. The molecule has 4 nitrogen and oxygen atoms in total. The molecule has 0 radical (unpaired) electrons. The van der Waals surface area contributed by atoms with E-state index in [1.165, 1.54) is 0 Å². The molecule has 1 saturated heterocycles. The predicted octanol–water partition coefficient (Wildman–Crippen LogP) is 1.21. The molecule has 1 aromatic rings. The molecule has 4 heteroatoms. The predicted molar refractivity (Wildman–Crippen MR) is 65.1 cm³/mol. The van der Waals surface area contributed by atoms with Gasteiger partial charge in [0.15, 0.2) is 11.5 Å². The highest BCUT2D eigenvalue weighted by molar-refractivity contribution is 5.45. The highest BCUT2D eigenvalue weighted by Gasteiger charge is 2.22. The van der Waals surface area contributed by atoms with Crippen LogP contribution in [0.15, 0.2) is 18.2 Å². The van der Waals surface area contributed by atoms with E-state index in [0.717, 1.165) is 25.1 Å². The number of phenolic OH excluding ortho intramolecular Hbond substituents is 1. The number of ether oxygens (including phenoxy) is 1. The van der Waals surface area contributed by atoms with Gasteiger partial charge in [0.1, 0.15) is 0 Å². The summed E-state index contributed by atoms with van der Waals surface area (Å²) >= 11 is 0. The lowest BCUT2D eigenvalue weighted by molar-refractivity contribution is 0.219. The van der Waals surface area contributed by atoms with Gasteiger partial charge < -0.3 is 14.9 Å². The van der Waals surface area contributed by atoms with Crippen molar-refractivity contribution >= 4 is 0 Å². The number of aliphatic hydroxyl groups excluding tert-OH is 1. The van der Waals surface area contributed by atoms with E-state index >= 15 is 0 Å². The van der Waals surface area contributed by atoms with Gasteiger partial charge in [-0.15, -0.1) is 0 Å². The number of hydrogen-bond donors (Lipinski definition) is 2. The molecule has 0 bridgehead atoms. The lowest BCUT2D eigenvalue weighted by Crippen LogP contribution is -2.21. The monoisotopic (exact) mass is 237 g/mol. The number of aromatic hydroxyl groups is 1. The number of aliphatic hydroxyl groups is 1. The minimum absolute atomic E-state index is 0.224. The average molecular weight is 237 g/mol. The number of para-hydroxylation sites is 1. The van der Waals surface area contributed by atoms with Crippen LogP contribution in [0, 0.1) is 5.92 Å². The third-order valence-electron chi connectivity index (χ3n) is 3.32. The molecule has 1 aliphatic rings. The molecule has 17 heavy (non-hydrogen) atoms. The van der Waals surface area contributed by atoms with E-state index in [4.69, 9.17) is 9.84 Å². The number of phenols is 1. The molecule has 0 aliphatic carbocycles. The van der Waals surface area contributed by atoms with Gasteiger partial charge in [-0.2, -0.15) is 0 Å². The second-order valence-electron chi connectivity index (χ2n) is 4.54. The molecule has 0 saturated carbocycles. The molecule has 1 aliphatic heterocycles. The second-order valence-corrected chi connectivity index (χ2v) is 4.54. The third kappa shape index (κ3) is 2.70. The normalized spacial score (nSPS) is 20.7. The molecular formula is C13H19NO3. The van der Waals surface area contributed by atoms with Crippen LogP contribution in [0.5, 0.6) is 11.5 Å². The van der Waals surface area contributed by atoms with Crippen LogP contribution in [0.3, 0.4) is 0 Å². The van der Waals surface area contributed by atoms with Gasteiger partial charge in [0.2, 0.25) is 0 Å². The quantitative estimate of drug-likeness (QED) is 0.826. The van der Waals surface area contributed by atoms with Crippen molar-refractivity contribution in [3.05, 3.63) is 23.8 Å². The summed E-state index contributed by atoms with van der Waals surface area (Å²) in [6.07, 6.45) is 1.03. The summed E-state index contributed by atoms with van der Waals surface area (Å²) in [5.74, 6) is 1.12. The summed E-state index contributed by atoms with van der Waals surface area (Å²) in [5, 5.41) is 19.1. The topological polar surface area (TPSA) is 52.9 Å².